The van der Waals surface area contributed by atoms with Gasteiger partial charge in [-0.3, -0.25) is 0 Å². The van der Waals surface area contributed by atoms with Crippen LogP contribution >= 0.6 is 0 Å². The third-order valence-corrected chi connectivity index (χ3v) is 3.78. The highest BCUT2D eigenvalue weighted by Gasteiger charge is 2.21. The number of aromatic nitrogens is 3. The molecular formula is C11H12N4O4S. The van der Waals surface area contributed by atoms with E-state index >= 15 is 0 Å². The second-order valence-electron chi connectivity index (χ2n) is 3.72. The fraction of sp³-hybridized carbons (Fsp3) is 0.182. The van der Waals surface area contributed by atoms with Gasteiger partial charge >= 0.3 is 0 Å². The number of rotatable bonds is 5. The third-order valence-electron chi connectivity index (χ3n) is 2.41. The Kier molecular flexibility index (Phi) is 4.11. The first-order valence-electron chi connectivity index (χ1n) is 5.51. The highest BCUT2D eigenvalue weighted by atomic mass is 32.2. The number of aliphatic hydroxyl groups is 1. The quantitative estimate of drug-likeness (QED) is 0.808. The summed E-state index contributed by atoms with van der Waals surface area (Å²) in [6.45, 7) is -0.212. The van der Waals surface area contributed by atoms with Crippen LogP contribution < -0.4 is 9.46 Å². The molecule has 2 N–H and O–H groups in total. The lowest BCUT2D eigenvalue weighted by atomic mass is 10.2. The van der Waals surface area contributed by atoms with E-state index in [0.717, 1.165) is 0 Å². The van der Waals surface area contributed by atoms with Crippen LogP contribution in [0.4, 0.5) is 5.95 Å². The molecule has 0 aliphatic rings. The monoisotopic (exact) mass is 296 g/mol. The van der Waals surface area contributed by atoms with Crippen LogP contribution in [0.1, 0.15) is 5.56 Å². The molecule has 0 saturated carbocycles. The molecule has 0 aliphatic carbocycles. The van der Waals surface area contributed by atoms with Gasteiger partial charge in [-0.1, -0.05) is 6.07 Å². The number of anilines is 1. The third kappa shape index (κ3) is 3.00. The number of sulfonamides is 1. The number of ether oxygens (including phenoxy) is 1. The zero-order chi connectivity index (χ0) is 14.6. The molecule has 106 valence electrons. The van der Waals surface area contributed by atoms with E-state index in [1.165, 1.54) is 37.7 Å². The van der Waals surface area contributed by atoms with Crippen molar-refractivity contribution in [3.8, 4) is 5.75 Å². The summed E-state index contributed by atoms with van der Waals surface area (Å²) < 4.78 is 31.7. The lowest BCUT2D eigenvalue weighted by Gasteiger charge is -2.11. The molecule has 9 heteroatoms. The van der Waals surface area contributed by atoms with Gasteiger partial charge in [0.1, 0.15) is 10.6 Å². The van der Waals surface area contributed by atoms with Gasteiger partial charge in [-0.05, 0) is 17.7 Å². The summed E-state index contributed by atoms with van der Waals surface area (Å²) >= 11 is 0. The highest BCUT2D eigenvalue weighted by molar-refractivity contribution is 7.92. The average Bonchev–Trinajstić information content (AvgIpc) is 2.47. The number of aliphatic hydroxyl groups excluding tert-OH is 1. The summed E-state index contributed by atoms with van der Waals surface area (Å²) in [5.41, 5.74) is 0.540. The number of hydrogen-bond donors (Lipinski definition) is 2. The maximum Gasteiger partial charge on any atom is 0.267 e. The van der Waals surface area contributed by atoms with Crippen molar-refractivity contribution in [2.75, 3.05) is 11.8 Å². The maximum atomic E-state index is 12.2. The lowest BCUT2D eigenvalue weighted by molar-refractivity contribution is 0.280. The van der Waals surface area contributed by atoms with Gasteiger partial charge in [0, 0.05) is 0 Å². The van der Waals surface area contributed by atoms with Gasteiger partial charge < -0.3 is 9.84 Å². The van der Waals surface area contributed by atoms with Crippen LogP contribution in [-0.2, 0) is 16.6 Å². The highest BCUT2D eigenvalue weighted by Crippen LogP contribution is 2.26. The van der Waals surface area contributed by atoms with Crippen LogP contribution in [0, 0.1) is 0 Å². The minimum atomic E-state index is -3.90. The summed E-state index contributed by atoms with van der Waals surface area (Å²) in [7, 11) is -2.56. The van der Waals surface area contributed by atoms with E-state index < -0.39 is 10.0 Å². The van der Waals surface area contributed by atoms with Gasteiger partial charge in [0.25, 0.3) is 16.0 Å². The molecule has 20 heavy (non-hydrogen) atoms. The number of nitrogens with one attached hydrogen (secondary N) is 1. The summed E-state index contributed by atoms with van der Waals surface area (Å²) in [6.07, 6.45) is 2.64. The van der Waals surface area contributed by atoms with Gasteiger partial charge in [-0.25, -0.2) is 18.1 Å². The predicted octanol–water partition coefficient (Wildman–Crippen LogP) is 0.173. The Morgan fingerprint density at radius 2 is 2.15 bits per heavy atom. The maximum absolute atomic E-state index is 12.2. The first-order chi connectivity index (χ1) is 9.56. The van der Waals surface area contributed by atoms with E-state index in [-0.39, 0.29) is 23.2 Å². The molecule has 1 heterocycles. The van der Waals surface area contributed by atoms with Crippen molar-refractivity contribution >= 4 is 16.0 Å². The van der Waals surface area contributed by atoms with Crippen molar-refractivity contribution in [2.24, 2.45) is 0 Å². The predicted molar refractivity (Wildman–Crippen MR) is 69.6 cm³/mol. The van der Waals surface area contributed by atoms with Crippen LogP contribution in [0.3, 0.4) is 0 Å². The Morgan fingerprint density at radius 3 is 2.75 bits per heavy atom. The second kappa shape index (κ2) is 5.80. The van der Waals surface area contributed by atoms with Crippen molar-refractivity contribution in [3.63, 3.8) is 0 Å². The SMILES string of the molecule is COc1cc(CO)ccc1S(=O)(=O)Nc1nccnn1. The van der Waals surface area contributed by atoms with Gasteiger partial charge in [0.15, 0.2) is 0 Å². The van der Waals surface area contributed by atoms with Crippen molar-refractivity contribution in [2.45, 2.75) is 11.5 Å². The lowest BCUT2D eigenvalue weighted by Crippen LogP contribution is -2.16. The fourth-order valence-corrected chi connectivity index (χ4v) is 2.60. The van der Waals surface area contributed by atoms with Crippen LogP contribution in [0.25, 0.3) is 0 Å². The van der Waals surface area contributed by atoms with Crippen molar-refractivity contribution in [3.05, 3.63) is 36.2 Å². The van der Waals surface area contributed by atoms with Crippen molar-refractivity contribution in [1.29, 1.82) is 0 Å². The molecule has 0 unspecified atom stereocenters. The molecule has 0 amide bonds. The van der Waals surface area contributed by atoms with E-state index in [1.54, 1.807) is 0 Å². The number of nitrogens with zero attached hydrogens (tertiary/aromatic N) is 3. The van der Waals surface area contributed by atoms with Gasteiger partial charge in [0.2, 0.25) is 0 Å². The largest absolute Gasteiger partial charge is 0.495 e. The fourth-order valence-electron chi connectivity index (χ4n) is 1.50. The first kappa shape index (κ1) is 14.2. The number of hydrogen-bond acceptors (Lipinski definition) is 7. The van der Waals surface area contributed by atoms with E-state index in [9.17, 15) is 8.42 Å². The number of methoxy groups -OCH3 is 1. The molecular weight excluding hydrogens is 284 g/mol. The van der Waals surface area contributed by atoms with E-state index in [1.807, 2.05) is 0 Å². The Labute approximate surface area is 115 Å². The van der Waals surface area contributed by atoms with Crippen LogP contribution in [0.15, 0.2) is 35.5 Å². The van der Waals surface area contributed by atoms with Gasteiger partial charge in [0.05, 0.1) is 26.1 Å². The van der Waals surface area contributed by atoms with E-state index in [4.69, 9.17) is 9.84 Å². The minimum absolute atomic E-state index is 0.0790. The van der Waals surface area contributed by atoms with Gasteiger partial charge in [-0.2, -0.15) is 5.10 Å². The molecule has 0 aliphatic heterocycles. The zero-order valence-electron chi connectivity index (χ0n) is 10.5. The summed E-state index contributed by atoms with van der Waals surface area (Å²) in [6, 6.07) is 4.27. The van der Waals surface area contributed by atoms with Crippen molar-refractivity contribution in [1.82, 2.24) is 15.2 Å². The molecule has 0 bridgehead atoms. The molecule has 2 aromatic rings. The molecule has 0 radical (unpaired) electrons. The minimum Gasteiger partial charge on any atom is -0.495 e. The summed E-state index contributed by atoms with van der Waals surface area (Å²) in [4.78, 5) is 3.65. The zero-order valence-corrected chi connectivity index (χ0v) is 11.3. The first-order valence-corrected chi connectivity index (χ1v) is 6.99. The molecule has 0 spiro atoms. The van der Waals surface area contributed by atoms with Crippen LogP contribution in [0.5, 0.6) is 5.75 Å². The summed E-state index contributed by atoms with van der Waals surface area (Å²) in [5, 5.41) is 16.1. The van der Waals surface area contributed by atoms with Crippen LogP contribution in [-0.4, -0.2) is 35.8 Å². The Bertz CT molecular complexity index is 691. The van der Waals surface area contributed by atoms with Crippen molar-refractivity contribution < 1.29 is 18.3 Å². The second-order valence-corrected chi connectivity index (χ2v) is 5.37. The van der Waals surface area contributed by atoms with Crippen LogP contribution in [0.2, 0.25) is 0 Å². The molecule has 2 rings (SSSR count). The molecule has 0 saturated heterocycles. The average molecular weight is 296 g/mol. The Morgan fingerprint density at radius 1 is 1.35 bits per heavy atom. The smallest absolute Gasteiger partial charge is 0.267 e. The number of benzene rings is 1. The summed E-state index contributed by atoms with van der Waals surface area (Å²) in [5.74, 6) is -0.0197. The molecule has 0 atom stereocenters. The topological polar surface area (TPSA) is 114 Å². The molecule has 0 fully saturated rings. The Balaban J connectivity index is 2.39. The normalized spacial score (nSPS) is 11.1. The Hall–Kier alpha value is -2.26. The van der Waals surface area contributed by atoms with E-state index in [2.05, 4.69) is 19.9 Å². The molecule has 1 aromatic heterocycles. The molecule has 8 nitrogen and oxygen atoms in total. The standard InChI is InChI=1S/C11H12N4O4S/c1-19-9-6-8(7-16)2-3-10(9)20(17,18)15-11-12-4-5-13-14-11/h2-6,16H,7H2,1H3,(H,12,14,15). The van der Waals surface area contributed by atoms with Gasteiger partial charge in [-0.15, -0.1) is 5.10 Å². The molecule has 1 aromatic carbocycles. The van der Waals surface area contributed by atoms with E-state index in [0.29, 0.717) is 5.56 Å².